The number of likely N-dealkylation sites (tertiary alicyclic amines) is 1. The van der Waals surface area contributed by atoms with E-state index in [0.29, 0.717) is 6.04 Å². The molecule has 1 aliphatic heterocycles. The fourth-order valence-electron chi connectivity index (χ4n) is 2.62. The molecule has 0 radical (unpaired) electrons. The van der Waals surface area contributed by atoms with Gasteiger partial charge in [0.15, 0.2) is 5.96 Å². The molecule has 0 spiro atoms. The third-order valence-corrected chi connectivity index (χ3v) is 3.77. The number of hydrogen-bond donors (Lipinski definition) is 1. The molecule has 2 aliphatic rings. The summed E-state index contributed by atoms with van der Waals surface area (Å²) in [6, 6.07) is 0.545. The van der Waals surface area contributed by atoms with E-state index >= 15 is 0 Å². The van der Waals surface area contributed by atoms with Gasteiger partial charge in [-0.05, 0) is 31.6 Å². The highest BCUT2D eigenvalue weighted by Crippen LogP contribution is 2.37. The molecule has 1 saturated heterocycles. The average molecular weight is 223 g/mol. The maximum absolute atomic E-state index is 6.09. The lowest BCUT2D eigenvalue weighted by molar-refractivity contribution is 0.428. The Hall–Kier alpha value is -0.730. The van der Waals surface area contributed by atoms with Gasteiger partial charge in [-0.2, -0.15) is 0 Å². The van der Waals surface area contributed by atoms with Gasteiger partial charge in [-0.15, -0.1) is 0 Å². The Morgan fingerprint density at radius 3 is 2.56 bits per heavy atom. The van der Waals surface area contributed by atoms with Crippen LogP contribution in [0.3, 0.4) is 0 Å². The van der Waals surface area contributed by atoms with Crippen LogP contribution in [0.25, 0.3) is 0 Å². The van der Waals surface area contributed by atoms with E-state index < -0.39 is 0 Å². The van der Waals surface area contributed by atoms with Gasteiger partial charge in [0.25, 0.3) is 0 Å². The molecule has 0 bridgehead atoms. The van der Waals surface area contributed by atoms with Gasteiger partial charge in [0.05, 0.1) is 6.04 Å². The summed E-state index contributed by atoms with van der Waals surface area (Å²) in [5.74, 6) is 1.64. The first-order chi connectivity index (χ1) is 7.81. The molecule has 1 aliphatic carbocycles. The topological polar surface area (TPSA) is 41.6 Å². The lowest BCUT2D eigenvalue weighted by Gasteiger charge is -2.21. The molecule has 16 heavy (non-hydrogen) atoms. The van der Waals surface area contributed by atoms with E-state index in [-0.39, 0.29) is 0 Å². The van der Waals surface area contributed by atoms with Gasteiger partial charge in [-0.3, -0.25) is 0 Å². The Kier molecular flexibility index (Phi) is 4.08. The Morgan fingerprint density at radius 1 is 1.25 bits per heavy atom. The van der Waals surface area contributed by atoms with Crippen molar-refractivity contribution in [1.82, 2.24) is 4.90 Å². The zero-order valence-corrected chi connectivity index (χ0v) is 10.5. The number of nitrogens with two attached hydrogens (primary N) is 1. The Bertz CT molecular complexity index is 242. The molecule has 1 heterocycles. The van der Waals surface area contributed by atoms with Crippen LogP contribution in [0.15, 0.2) is 4.99 Å². The molecule has 92 valence electrons. The van der Waals surface area contributed by atoms with Crippen LogP contribution >= 0.6 is 0 Å². The second-order valence-electron chi connectivity index (χ2n) is 5.24. The van der Waals surface area contributed by atoms with Crippen LogP contribution in [0.2, 0.25) is 0 Å². The van der Waals surface area contributed by atoms with Crippen molar-refractivity contribution in [2.24, 2.45) is 16.6 Å². The number of rotatable bonds is 3. The van der Waals surface area contributed by atoms with Crippen LogP contribution < -0.4 is 5.73 Å². The lowest BCUT2D eigenvalue weighted by Crippen LogP contribution is -2.38. The minimum absolute atomic E-state index is 0.545. The Morgan fingerprint density at radius 2 is 1.94 bits per heavy atom. The zero-order valence-electron chi connectivity index (χ0n) is 10.5. The molecule has 2 atom stereocenters. The third-order valence-electron chi connectivity index (χ3n) is 3.77. The Balaban J connectivity index is 1.81. The largest absolute Gasteiger partial charge is 0.370 e. The fourth-order valence-corrected chi connectivity index (χ4v) is 2.62. The minimum Gasteiger partial charge on any atom is -0.370 e. The lowest BCUT2D eigenvalue weighted by atomic mass is 10.2. The predicted molar refractivity (Wildman–Crippen MR) is 68.5 cm³/mol. The summed E-state index contributed by atoms with van der Waals surface area (Å²) in [7, 11) is 0. The molecule has 0 aromatic rings. The third kappa shape index (κ3) is 3.13. The van der Waals surface area contributed by atoms with Crippen LogP contribution in [-0.4, -0.2) is 30.0 Å². The highest BCUT2D eigenvalue weighted by Gasteiger charge is 2.36. The number of nitrogens with zero attached hydrogens (tertiary/aromatic N) is 2. The van der Waals surface area contributed by atoms with Crippen LogP contribution in [0.1, 0.15) is 51.9 Å². The summed E-state index contributed by atoms with van der Waals surface area (Å²) in [6.45, 7) is 4.47. The van der Waals surface area contributed by atoms with Crippen LogP contribution in [0.4, 0.5) is 0 Å². The van der Waals surface area contributed by atoms with Gasteiger partial charge in [-0.25, -0.2) is 4.99 Å². The van der Waals surface area contributed by atoms with Crippen molar-refractivity contribution in [3.05, 3.63) is 0 Å². The molecule has 3 heteroatoms. The van der Waals surface area contributed by atoms with Gasteiger partial charge in [0, 0.05) is 13.1 Å². The molecule has 0 aromatic heterocycles. The van der Waals surface area contributed by atoms with Crippen molar-refractivity contribution >= 4 is 5.96 Å². The molecule has 2 unspecified atom stereocenters. The summed E-state index contributed by atoms with van der Waals surface area (Å²) in [4.78, 5) is 6.96. The normalized spacial score (nSPS) is 31.3. The molecule has 2 fully saturated rings. The number of aliphatic imine (C=N–C) groups is 1. The van der Waals surface area contributed by atoms with Crippen molar-refractivity contribution in [2.75, 3.05) is 13.1 Å². The summed E-state index contributed by atoms with van der Waals surface area (Å²) in [5.41, 5.74) is 6.09. The first-order valence-corrected chi connectivity index (χ1v) is 6.89. The van der Waals surface area contributed by atoms with Crippen molar-refractivity contribution in [1.29, 1.82) is 0 Å². The average Bonchev–Trinajstić information content (AvgIpc) is 3.02. The highest BCUT2D eigenvalue weighted by atomic mass is 15.3. The Labute approximate surface area is 99.1 Å². The molecule has 0 amide bonds. The monoisotopic (exact) mass is 223 g/mol. The van der Waals surface area contributed by atoms with E-state index in [0.717, 1.165) is 25.0 Å². The molecule has 0 aromatic carbocycles. The summed E-state index contributed by atoms with van der Waals surface area (Å²) in [5, 5.41) is 0. The van der Waals surface area contributed by atoms with Crippen molar-refractivity contribution in [2.45, 2.75) is 57.9 Å². The van der Waals surface area contributed by atoms with E-state index in [1.54, 1.807) is 0 Å². The summed E-state index contributed by atoms with van der Waals surface area (Å²) >= 11 is 0. The molecule has 2 rings (SSSR count). The van der Waals surface area contributed by atoms with E-state index in [1.165, 1.54) is 44.9 Å². The van der Waals surface area contributed by atoms with Crippen molar-refractivity contribution in [3.8, 4) is 0 Å². The van der Waals surface area contributed by atoms with Crippen LogP contribution in [0.5, 0.6) is 0 Å². The van der Waals surface area contributed by atoms with Crippen molar-refractivity contribution in [3.63, 3.8) is 0 Å². The molecular formula is C13H25N3. The second-order valence-corrected chi connectivity index (χ2v) is 5.24. The maximum Gasteiger partial charge on any atom is 0.191 e. The van der Waals surface area contributed by atoms with Gasteiger partial charge in [0.1, 0.15) is 0 Å². The van der Waals surface area contributed by atoms with Gasteiger partial charge in [0.2, 0.25) is 0 Å². The van der Waals surface area contributed by atoms with E-state index in [4.69, 9.17) is 5.73 Å². The van der Waals surface area contributed by atoms with Gasteiger partial charge < -0.3 is 10.6 Å². The van der Waals surface area contributed by atoms with E-state index in [2.05, 4.69) is 16.8 Å². The first-order valence-electron chi connectivity index (χ1n) is 6.89. The SMILES string of the molecule is CCCC1CC1N=C(N)N1CCCCCC1. The zero-order chi connectivity index (χ0) is 11.4. The molecule has 1 saturated carbocycles. The fraction of sp³-hybridized carbons (Fsp3) is 0.923. The van der Waals surface area contributed by atoms with E-state index in [9.17, 15) is 0 Å². The van der Waals surface area contributed by atoms with Gasteiger partial charge in [-0.1, -0.05) is 26.2 Å². The van der Waals surface area contributed by atoms with Crippen LogP contribution in [-0.2, 0) is 0 Å². The molecule has 3 nitrogen and oxygen atoms in total. The van der Waals surface area contributed by atoms with E-state index in [1.807, 2.05) is 0 Å². The highest BCUT2D eigenvalue weighted by molar-refractivity contribution is 5.78. The predicted octanol–water partition coefficient (Wildman–Crippen LogP) is 2.37. The standard InChI is InChI=1S/C13H25N3/c1-2-7-11-10-12(11)15-13(14)16-8-5-3-4-6-9-16/h11-12H,2-10H2,1H3,(H2,14,15). The number of hydrogen-bond acceptors (Lipinski definition) is 1. The maximum atomic E-state index is 6.09. The summed E-state index contributed by atoms with van der Waals surface area (Å²) in [6.07, 6.45) is 9.13. The molecule has 2 N–H and O–H groups in total. The summed E-state index contributed by atoms with van der Waals surface area (Å²) < 4.78 is 0. The van der Waals surface area contributed by atoms with Crippen molar-refractivity contribution < 1.29 is 0 Å². The quantitative estimate of drug-likeness (QED) is 0.589. The minimum atomic E-state index is 0.545. The van der Waals surface area contributed by atoms with Gasteiger partial charge >= 0.3 is 0 Å². The smallest absolute Gasteiger partial charge is 0.191 e. The number of guanidine groups is 1. The van der Waals surface area contributed by atoms with Crippen LogP contribution in [0, 0.1) is 5.92 Å². The molecular weight excluding hydrogens is 198 g/mol. The first kappa shape index (κ1) is 11.7. The second kappa shape index (κ2) is 5.55.